The van der Waals surface area contributed by atoms with E-state index in [4.69, 9.17) is 0 Å². The molecule has 3 rings (SSSR count). The van der Waals surface area contributed by atoms with Crippen LogP contribution >= 0.6 is 0 Å². The van der Waals surface area contributed by atoms with Gasteiger partial charge >= 0.3 is 0 Å². The maximum Gasteiger partial charge on any atom is 0.0233 e. The molecule has 2 fully saturated rings. The second-order valence-electron chi connectivity index (χ2n) is 6.73. The van der Waals surface area contributed by atoms with Crippen LogP contribution in [-0.4, -0.2) is 18.0 Å². The number of nitrogens with zero attached hydrogens (tertiary/aromatic N) is 1. The Morgan fingerprint density at radius 1 is 1.00 bits per heavy atom. The normalized spacial score (nSPS) is 31.9. The van der Waals surface area contributed by atoms with Crippen molar-refractivity contribution in [3.8, 4) is 0 Å². The van der Waals surface area contributed by atoms with E-state index >= 15 is 0 Å². The van der Waals surface area contributed by atoms with E-state index in [2.05, 4.69) is 42.2 Å². The molecule has 1 saturated carbocycles. The van der Waals surface area contributed by atoms with Crippen LogP contribution in [0, 0.1) is 17.8 Å². The van der Waals surface area contributed by atoms with E-state index in [9.17, 15) is 0 Å². The van der Waals surface area contributed by atoms with Crippen molar-refractivity contribution in [3.63, 3.8) is 0 Å². The van der Waals surface area contributed by atoms with Crippen LogP contribution in [-0.2, 0) is 6.54 Å². The molecule has 1 aromatic rings. The zero-order chi connectivity index (χ0) is 13.1. The molecule has 1 heterocycles. The molecule has 0 N–H and O–H groups in total. The summed E-state index contributed by atoms with van der Waals surface area (Å²) in [5.41, 5.74) is 1.48. The molecular weight excluding hydrogens is 230 g/mol. The van der Waals surface area contributed by atoms with E-state index in [0.717, 1.165) is 24.3 Å². The first-order valence-electron chi connectivity index (χ1n) is 8.09. The first-order valence-corrected chi connectivity index (χ1v) is 8.09. The number of rotatable bonds is 3. The topological polar surface area (TPSA) is 3.24 Å². The molecule has 2 atom stereocenters. The van der Waals surface area contributed by atoms with E-state index in [1.54, 1.807) is 0 Å². The summed E-state index contributed by atoms with van der Waals surface area (Å²) < 4.78 is 0. The average Bonchev–Trinajstić information content (AvgIpc) is 2.71. The fourth-order valence-corrected chi connectivity index (χ4v) is 4.19. The minimum absolute atomic E-state index is 0.959. The van der Waals surface area contributed by atoms with Gasteiger partial charge in [0, 0.05) is 19.6 Å². The van der Waals surface area contributed by atoms with Crippen LogP contribution in [0.15, 0.2) is 30.3 Å². The summed E-state index contributed by atoms with van der Waals surface area (Å²) in [6.07, 6.45) is 7.32. The zero-order valence-electron chi connectivity index (χ0n) is 12.2. The summed E-state index contributed by atoms with van der Waals surface area (Å²) in [5, 5.41) is 0. The Balaban J connectivity index is 1.66. The van der Waals surface area contributed by atoms with E-state index in [-0.39, 0.29) is 0 Å². The van der Waals surface area contributed by atoms with E-state index in [1.807, 2.05) is 0 Å². The third-order valence-corrected chi connectivity index (χ3v) is 5.18. The lowest BCUT2D eigenvalue weighted by molar-refractivity contribution is 0.164. The van der Waals surface area contributed by atoms with Crippen molar-refractivity contribution in [1.82, 2.24) is 4.90 Å². The fourth-order valence-electron chi connectivity index (χ4n) is 4.19. The molecule has 2 unspecified atom stereocenters. The second-order valence-corrected chi connectivity index (χ2v) is 6.73. The summed E-state index contributed by atoms with van der Waals surface area (Å²) in [7, 11) is 0. The monoisotopic (exact) mass is 257 g/mol. The molecule has 0 radical (unpaired) electrons. The molecule has 19 heavy (non-hydrogen) atoms. The molecule has 2 aliphatic rings. The predicted molar refractivity (Wildman–Crippen MR) is 80.9 cm³/mol. The first-order chi connectivity index (χ1) is 9.33. The SMILES string of the molecule is CCC1CC2CCC(C1)CN(Cc1ccccc1)C2. The van der Waals surface area contributed by atoms with Crippen LogP contribution in [0.5, 0.6) is 0 Å². The van der Waals surface area contributed by atoms with E-state index < -0.39 is 0 Å². The van der Waals surface area contributed by atoms with Crippen LogP contribution in [0.3, 0.4) is 0 Å². The van der Waals surface area contributed by atoms with Gasteiger partial charge in [0.2, 0.25) is 0 Å². The number of benzene rings is 1. The smallest absolute Gasteiger partial charge is 0.0233 e. The van der Waals surface area contributed by atoms with Gasteiger partial charge in [-0.15, -0.1) is 0 Å². The van der Waals surface area contributed by atoms with Gasteiger partial charge in [-0.1, -0.05) is 43.7 Å². The van der Waals surface area contributed by atoms with Crippen molar-refractivity contribution in [2.75, 3.05) is 13.1 Å². The minimum Gasteiger partial charge on any atom is -0.299 e. The lowest BCUT2D eigenvalue weighted by Gasteiger charge is -2.32. The highest BCUT2D eigenvalue weighted by atomic mass is 15.1. The minimum atomic E-state index is 0.959. The number of hydrogen-bond donors (Lipinski definition) is 0. The van der Waals surface area contributed by atoms with Crippen LogP contribution in [0.25, 0.3) is 0 Å². The molecule has 1 aromatic carbocycles. The Kier molecular flexibility index (Phi) is 4.22. The van der Waals surface area contributed by atoms with Crippen molar-refractivity contribution >= 4 is 0 Å². The summed E-state index contributed by atoms with van der Waals surface area (Å²) in [6, 6.07) is 11.0. The van der Waals surface area contributed by atoms with Crippen molar-refractivity contribution in [1.29, 1.82) is 0 Å². The molecule has 1 saturated heterocycles. The molecule has 0 amide bonds. The Hall–Kier alpha value is -0.820. The van der Waals surface area contributed by atoms with E-state index in [1.165, 1.54) is 50.8 Å². The zero-order valence-corrected chi connectivity index (χ0v) is 12.2. The van der Waals surface area contributed by atoms with Gasteiger partial charge in [-0.3, -0.25) is 4.90 Å². The highest BCUT2D eigenvalue weighted by Crippen LogP contribution is 2.37. The highest BCUT2D eigenvalue weighted by molar-refractivity contribution is 5.14. The molecule has 1 nitrogen and oxygen atoms in total. The molecule has 1 aliphatic carbocycles. The van der Waals surface area contributed by atoms with Crippen LogP contribution in [0.1, 0.15) is 44.6 Å². The van der Waals surface area contributed by atoms with Crippen molar-refractivity contribution in [2.24, 2.45) is 17.8 Å². The van der Waals surface area contributed by atoms with Gasteiger partial charge in [0.25, 0.3) is 0 Å². The lowest BCUT2D eigenvalue weighted by Crippen LogP contribution is -2.34. The second kappa shape index (κ2) is 6.09. The average molecular weight is 257 g/mol. The Labute approximate surface area is 118 Å². The van der Waals surface area contributed by atoms with Crippen molar-refractivity contribution < 1.29 is 0 Å². The molecular formula is C18H27N. The number of hydrogen-bond acceptors (Lipinski definition) is 1. The first kappa shape index (κ1) is 13.2. The Morgan fingerprint density at radius 2 is 1.63 bits per heavy atom. The maximum absolute atomic E-state index is 2.73. The summed E-state index contributed by atoms with van der Waals surface area (Å²) in [6.45, 7) is 6.21. The van der Waals surface area contributed by atoms with Gasteiger partial charge in [0.15, 0.2) is 0 Å². The fraction of sp³-hybridized carbons (Fsp3) is 0.667. The van der Waals surface area contributed by atoms with Gasteiger partial charge in [-0.25, -0.2) is 0 Å². The van der Waals surface area contributed by atoms with Gasteiger partial charge < -0.3 is 0 Å². The van der Waals surface area contributed by atoms with Gasteiger partial charge in [0.05, 0.1) is 0 Å². The third kappa shape index (κ3) is 3.39. The Morgan fingerprint density at radius 3 is 2.21 bits per heavy atom. The summed E-state index contributed by atoms with van der Waals surface area (Å²) in [4.78, 5) is 2.73. The van der Waals surface area contributed by atoms with Gasteiger partial charge in [0.1, 0.15) is 0 Å². The van der Waals surface area contributed by atoms with Crippen molar-refractivity contribution in [3.05, 3.63) is 35.9 Å². The largest absolute Gasteiger partial charge is 0.299 e. The number of likely N-dealkylation sites (tertiary alicyclic amines) is 1. The quantitative estimate of drug-likeness (QED) is 0.779. The highest BCUT2D eigenvalue weighted by Gasteiger charge is 2.31. The van der Waals surface area contributed by atoms with Gasteiger partial charge in [-0.2, -0.15) is 0 Å². The van der Waals surface area contributed by atoms with Crippen LogP contribution in [0.4, 0.5) is 0 Å². The number of fused-ring (bicyclic) bond motifs is 3. The lowest BCUT2D eigenvalue weighted by atomic mass is 9.87. The van der Waals surface area contributed by atoms with Crippen LogP contribution < -0.4 is 0 Å². The Bertz CT molecular complexity index is 370. The molecule has 2 bridgehead atoms. The predicted octanol–water partition coefficient (Wildman–Crippen LogP) is 4.33. The standard InChI is InChI=1S/C18H27N/c1-2-15-10-17-8-9-18(11-15)14-19(13-17)12-16-6-4-3-5-7-16/h3-7,15,17-18H,2,8-14H2,1H3. The van der Waals surface area contributed by atoms with Crippen molar-refractivity contribution in [2.45, 2.75) is 45.6 Å². The summed E-state index contributed by atoms with van der Waals surface area (Å²) >= 11 is 0. The summed E-state index contributed by atoms with van der Waals surface area (Å²) in [5.74, 6) is 2.93. The molecule has 0 spiro atoms. The molecule has 1 aliphatic heterocycles. The molecule has 104 valence electrons. The molecule has 0 aromatic heterocycles. The van der Waals surface area contributed by atoms with Gasteiger partial charge in [-0.05, 0) is 49.0 Å². The van der Waals surface area contributed by atoms with Crippen LogP contribution in [0.2, 0.25) is 0 Å². The third-order valence-electron chi connectivity index (χ3n) is 5.18. The molecule has 1 heteroatoms. The van der Waals surface area contributed by atoms with E-state index in [0.29, 0.717) is 0 Å². The maximum atomic E-state index is 2.73.